The van der Waals surface area contributed by atoms with Gasteiger partial charge in [0, 0.05) is 27.5 Å². The van der Waals surface area contributed by atoms with E-state index in [9.17, 15) is 0 Å². The Morgan fingerprint density at radius 1 is 0.273 bits per heavy atom. The van der Waals surface area contributed by atoms with Crippen LogP contribution in [0.2, 0.25) is 0 Å². The number of nitrogens with zero attached hydrogens (tertiary/aromatic N) is 4. The molecule has 0 radical (unpaired) electrons. The van der Waals surface area contributed by atoms with E-state index in [1.54, 1.807) is 0 Å². The molecular weight excluding hydrogens is 536 g/mol. The lowest BCUT2D eigenvalue weighted by molar-refractivity contribution is 1.17. The van der Waals surface area contributed by atoms with Crippen molar-refractivity contribution in [2.24, 2.45) is 0 Å². The zero-order valence-electron chi connectivity index (χ0n) is 23.8. The molecule has 0 atom stereocenters. The Balaban J connectivity index is 1.19. The highest BCUT2D eigenvalue weighted by Gasteiger charge is 2.12. The van der Waals surface area contributed by atoms with Crippen molar-refractivity contribution in [2.75, 3.05) is 0 Å². The van der Waals surface area contributed by atoms with E-state index in [4.69, 9.17) is 19.9 Å². The van der Waals surface area contributed by atoms with Crippen molar-refractivity contribution < 1.29 is 0 Å². The third-order valence-corrected chi connectivity index (χ3v) is 7.87. The second-order valence-electron chi connectivity index (χ2n) is 10.8. The summed E-state index contributed by atoms with van der Waals surface area (Å²) in [5.41, 5.74) is 10.7. The van der Waals surface area contributed by atoms with Crippen LogP contribution in [-0.2, 0) is 0 Å². The van der Waals surface area contributed by atoms with Crippen LogP contribution in [0.15, 0.2) is 158 Å². The maximum Gasteiger partial charge on any atom is 0.160 e. The molecule has 0 aliphatic carbocycles. The maximum atomic E-state index is 5.11. The summed E-state index contributed by atoms with van der Waals surface area (Å²) >= 11 is 0. The van der Waals surface area contributed by atoms with E-state index >= 15 is 0 Å². The highest BCUT2D eigenvalue weighted by Crippen LogP contribution is 2.31. The lowest BCUT2D eigenvalue weighted by atomic mass is 10.0. The summed E-state index contributed by atoms with van der Waals surface area (Å²) in [7, 11) is 0. The molecule has 0 unspecified atom stereocenters. The fourth-order valence-electron chi connectivity index (χ4n) is 5.57. The molecule has 0 aliphatic heterocycles. The van der Waals surface area contributed by atoms with Crippen molar-refractivity contribution in [3.63, 3.8) is 0 Å². The van der Waals surface area contributed by atoms with Gasteiger partial charge in [0.2, 0.25) is 0 Å². The summed E-state index contributed by atoms with van der Waals surface area (Å²) in [5, 5.41) is 2.18. The summed E-state index contributed by atoms with van der Waals surface area (Å²) in [6, 6.07) is 53.9. The first-order valence-corrected chi connectivity index (χ1v) is 14.6. The molecule has 8 rings (SSSR count). The normalized spacial score (nSPS) is 11.2. The Hall–Kier alpha value is -6.00. The third kappa shape index (κ3) is 4.99. The molecule has 0 saturated heterocycles. The van der Waals surface area contributed by atoms with Gasteiger partial charge in [0.25, 0.3) is 0 Å². The van der Waals surface area contributed by atoms with E-state index in [-0.39, 0.29) is 0 Å². The van der Waals surface area contributed by atoms with Gasteiger partial charge in [0.05, 0.1) is 33.8 Å². The van der Waals surface area contributed by atoms with Crippen LogP contribution < -0.4 is 0 Å². The molecule has 0 N–H and O–H groups in total. The Labute approximate surface area is 255 Å². The first-order valence-electron chi connectivity index (χ1n) is 14.6. The van der Waals surface area contributed by atoms with E-state index in [1.165, 1.54) is 0 Å². The fourth-order valence-corrected chi connectivity index (χ4v) is 5.57. The Morgan fingerprint density at radius 3 is 1.57 bits per heavy atom. The van der Waals surface area contributed by atoms with Gasteiger partial charge in [-0.15, -0.1) is 0 Å². The van der Waals surface area contributed by atoms with Crippen LogP contribution in [0, 0.1) is 0 Å². The predicted molar refractivity (Wildman–Crippen MR) is 180 cm³/mol. The average Bonchev–Trinajstić information content (AvgIpc) is 3.11. The SMILES string of the molecule is c1ccc(-c2cc(-c3ccc4ccc(-c5ccc6nc(-c7ccccc7)ccc6c5)cc4n3)nc(-c3ccccc3)n2)cc1. The molecule has 8 aromatic rings. The van der Waals surface area contributed by atoms with Gasteiger partial charge in [-0.25, -0.2) is 19.9 Å². The van der Waals surface area contributed by atoms with Gasteiger partial charge < -0.3 is 0 Å². The number of benzene rings is 5. The van der Waals surface area contributed by atoms with E-state index < -0.39 is 0 Å². The lowest BCUT2D eigenvalue weighted by Gasteiger charge is -2.10. The lowest BCUT2D eigenvalue weighted by Crippen LogP contribution is -1.97. The molecule has 0 saturated carbocycles. The molecule has 0 aliphatic rings. The largest absolute Gasteiger partial charge is 0.248 e. The van der Waals surface area contributed by atoms with Crippen LogP contribution in [0.3, 0.4) is 0 Å². The number of fused-ring (bicyclic) bond motifs is 2. The minimum atomic E-state index is 0.679. The zero-order valence-corrected chi connectivity index (χ0v) is 23.8. The zero-order chi connectivity index (χ0) is 29.3. The first kappa shape index (κ1) is 25.7. The van der Waals surface area contributed by atoms with Gasteiger partial charge in [-0.1, -0.05) is 121 Å². The molecule has 0 amide bonds. The number of aromatic nitrogens is 4. The molecule has 5 aromatic carbocycles. The second-order valence-corrected chi connectivity index (χ2v) is 10.8. The summed E-state index contributed by atoms with van der Waals surface area (Å²) < 4.78 is 0. The van der Waals surface area contributed by atoms with E-state index in [2.05, 4.69) is 78.9 Å². The summed E-state index contributed by atoms with van der Waals surface area (Å²) in [4.78, 5) is 19.9. The molecule has 4 heteroatoms. The topological polar surface area (TPSA) is 51.6 Å². The number of rotatable bonds is 5. The molecule has 0 fully saturated rings. The highest BCUT2D eigenvalue weighted by molar-refractivity contribution is 5.90. The van der Waals surface area contributed by atoms with Crippen molar-refractivity contribution in [1.82, 2.24) is 19.9 Å². The molecule has 206 valence electrons. The monoisotopic (exact) mass is 562 g/mol. The average molecular weight is 563 g/mol. The van der Waals surface area contributed by atoms with Gasteiger partial charge in [0.1, 0.15) is 0 Å². The Kier molecular flexibility index (Phi) is 6.43. The molecule has 4 nitrogen and oxygen atoms in total. The Morgan fingerprint density at radius 2 is 0.818 bits per heavy atom. The van der Waals surface area contributed by atoms with E-state index in [0.29, 0.717) is 5.82 Å². The molecule has 44 heavy (non-hydrogen) atoms. The molecule has 3 heterocycles. The van der Waals surface area contributed by atoms with Crippen molar-refractivity contribution in [3.8, 4) is 56.4 Å². The van der Waals surface area contributed by atoms with Crippen molar-refractivity contribution >= 4 is 21.8 Å². The van der Waals surface area contributed by atoms with E-state index in [1.807, 2.05) is 78.9 Å². The van der Waals surface area contributed by atoms with Crippen LogP contribution >= 0.6 is 0 Å². The van der Waals surface area contributed by atoms with Crippen LogP contribution in [0.4, 0.5) is 0 Å². The van der Waals surface area contributed by atoms with Crippen molar-refractivity contribution in [2.45, 2.75) is 0 Å². The van der Waals surface area contributed by atoms with Gasteiger partial charge in [0.15, 0.2) is 5.82 Å². The number of hydrogen-bond acceptors (Lipinski definition) is 4. The van der Waals surface area contributed by atoms with Crippen molar-refractivity contribution in [1.29, 1.82) is 0 Å². The highest BCUT2D eigenvalue weighted by atomic mass is 14.9. The standard InChI is InChI=1S/C40H26N4/c1-4-10-27(11-5-1)34-22-20-33-24-31(19-21-35(33)41-34)32-17-16-29-18-23-36(42-37(29)25-32)39-26-38(28-12-6-2-7-13-28)43-40(44-39)30-14-8-3-9-15-30/h1-26H. The van der Waals surface area contributed by atoms with Gasteiger partial charge >= 0.3 is 0 Å². The predicted octanol–water partition coefficient (Wildman–Crippen LogP) is 9.91. The summed E-state index contributed by atoms with van der Waals surface area (Å²) in [6.45, 7) is 0. The minimum absolute atomic E-state index is 0.679. The van der Waals surface area contributed by atoms with Crippen LogP contribution in [0.5, 0.6) is 0 Å². The van der Waals surface area contributed by atoms with Gasteiger partial charge in [-0.2, -0.15) is 0 Å². The van der Waals surface area contributed by atoms with E-state index in [0.717, 1.165) is 72.4 Å². The Bertz CT molecular complexity index is 2210. The fraction of sp³-hybridized carbons (Fsp3) is 0. The molecular formula is C40H26N4. The third-order valence-electron chi connectivity index (χ3n) is 7.87. The molecule has 0 spiro atoms. The maximum absolute atomic E-state index is 5.11. The molecule has 0 bridgehead atoms. The van der Waals surface area contributed by atoms with Crippen LogP contribution in [0.25, 0.3) is 78.2 Å². The van der Waals surface area contributed by atoms with Crippen LogP contribution in [0.1, 0.15) is 0 Å². The van der Waals surface area contributed by atoms with Gasteiger partial charge in [-0.3, -0.25) is 0 Å². The minimum Gasteiger partial charge on any atom is -0.248 e. The van der Waals surface area contributed by atoms with Crippen LogP contribution in [-0.4, -0.2) is 19.9 Å². The second kappa shape index (κ2) is 11.0. The van der Waals surface area contributed by atoms with Crippen molar-refractivity contribution in [3.05, 3.63) is 158 Å². The quantitative estimate of drug-likeness (QED) is 0.209. The summed E-state index contributed by atoms with van der Waals surface area (Å²) in [5.74, 6) is 0.679. The number of hydrogen-bond donors (Lipinski definition) is 0. The summed E-state index contributed by atoms with van der Waals surface area (Å²) in [6.07, 6.45) is 0. The molecule has 3 aromatic heterocycles. The number of pyridine rings is 2. The first-order chi connectivity index (χ1) is 21.8. The van der Waals surface area contributed by atoms with Gasteiger partial charge in [-0.05, 0) is 47.5 Å². The smallest absolute Gasteiger partial charge is 0.160 e.